The third-order valence-corrected chi connectivity index (χ3v) is 3.05. The first-order valence-electron chi connectivity index (χ1n) is 6.59. The van der Waals surface area contributed by atoms with Crippen molar-refractivity contribution in [1.29, 1.82) is 0 Å². The summed E-state index contributed by atoms with van der Waals surface area (Å²) in [7, 11) is 3.33. The van der Waals surface area contributed by atoms with Gasteiger partial charge in [0.1, 0.15) is 0 Å². The molecule has 3 heteroatoms. The Morgan fingerprint density at radius 2 is 1.78 bits per heavy atom. The molecule has 1 atom stereocenters. The number of hydrogen-bond donors (Lipinski definition) is 1. The van der Waals surface area contributed by atoms with Gasteiger partial charge < -0.3 is 14.8 Å². The zero-order valence-electron chi connectivity index (χ0n) is 12.1. The summed E-state index contributed by atoms with van der Waals surface area (Å²) in [6.07, 6.45) is 1.14. The predicted octanol–water partition coefficient (Wildman–Crippen LogP) is 3.40. The van der Waals surface area contributed by atoms with Gasteiger partial charge in [0.2, 0.25) is 0 Å². The van der Waals surface area contributed by atoms with E-state index in [2.05, 4.69) is 38.2 Å². The lowest BCUT2D eigenvalue weighted by Crippen LogP contribution is -2.26. The minimum absolute atomic E-state index is 0.352. The summed E-state index contributed by atoms with van der Waals surface area (Å²) in [5, 5.41) is 3.58. The zero-order valence-corrected chi connectivity index (χ0v) is 12.1. The van der Waals surface area contributed by atoms with Crippen molar-refractivity contribution in [2.24, 2.45) is 5.92 Å². The van der Waals surface area contributed by atoms with Crippen LogP contribution in [0.3, 0.4) is 0 Å². The van der Waals surface area contributed by atoms with Crippen LogP contribution in [0.5, 0.6) is 11.5 Å². The highest BCUT2D eigenvalue weighted by Crippen LogP contribution is 2.32. The number of ether oxygens (including phenoxy) is 2. The molecular weight excluding hydrogens is 226 g/mol. The van der Waals surface area contributed by atoms with Crippen molar-refractivity contribution >= 4 is 0 Å². The monoisotopic (exact) mass is 251 g/mol. The number of methoxy groups -OCH3 is 2. The highest BCUT2D eigenvalue weighted by atomic mass is 16.5. The van der Waals surface area contributed by atoms with Crippen LogP contribution in [0.25, 0.3) is 0 Å². The van der Waals surface area contributed by atoms with Crippen LogP contribution in [0.15, 0.2) is 18.2 Å². The van der Waals surface area contributed by atoms with Crippen LogP contribution in [0.1, 0.15) is 38.8 Å². The topological polar surface area (TPSA) is 30.5 Å². The van der Waals surface area contributed by atoms with Gasteiger partial charge in [0.15, 0.2) is 11.5 Å². The Kier molecular flexibility index (Phi) is 5.99. The maximum Gasteiger partial charge on any atom is 0.161 e. The molecule has 1 aromatic rings. The standard InChI is InChI=1S/C15H25NO2/c1-6-9-16-15(11(2)3)12-7-8-13(17-4)14(10-12)18-5/h7-8,10-11,15-16H,6,9H2,1-5H3. The van der Waals surface area contributed by atoms with Crippen molar-refractivity contribution < 1.29 is 9.47 Å². The molecule has 1 N–H and O–H groups in total. The van der Waals surface area contributed by atoms with Gasteiger partial charge in [0.05, 0.1) is 14.2 Å². The molecule has 3 nitrogen and oxygen atoms in total. The summed E-state index contributed by atoms with van der Waals surface area (Å²) in [4.78, 5) is 0. The molecule has 0 spiro atoms. The number of hydrogen-bond acceptors (Lipinski definition) is 3. The first-order valence-corrected chi connectivity index (χ1v) is 6.59. The second-order valence-electron chi connectivity index (χ2n) is 4.79. The molecule has 0 amide bonds. The molecule has 0 saturated heterocycles. The van der Waals surface area contributed by atoms with Gasteiger partial charge in [-0.25, -0.2) is 0 Å². The molecule has 18 heavy (non-hydrogen) atoms. The molecule has 0 aliphatic carbocycles. The van der Waals surface area contributed by atoms with Crippen LogP contribution in [-0.2, 0) is 0 Å². The molecular formula is C15H25NO2. The van der Waals surface area contributed by atoms with Crippen LogP contribution >= 0.6 is 0 Å². The second-order valence-corrected chi connectivity index (χ2v) is 4.79. The maximum absolute atomic E-state index is 5.36. The predicted molar refractivity (Wildman–Crippen MR) is 75.4 cm³/mol. The summed E-state index contributed by atoms with van der Waals surface area (Å²) in [6, 6.07) is 6.49. The van der Waals surface area contributed by atoms with Gasteiger partial charge in [-0.15, -0.1) is 0 Å². The number of rotatable bonds is 7. The minimum atomic E-state index is 0.352. The van der Waals surface area contributed by atoms with E-state index in [1.54, 1.807) is 14.2 Å². The van der Waals surface area contributed by atoms with Crippen molar-refractivity contribution in [3.05, 3.63) is 23.8 Å². The summed E-state index contributed by atoms with van der Waals surface area (Å²) < 4.78 is 10.6. The molecule has 1 rings (SSSR count). The van der Waals surface area contributed by atoms with Crippen molar-refractivity contribution in [3.63, 3.8) is 0 Å². The zero-order chi connectivity index (χ0) is 13.5. The quantitative estimate of drug-likeness (QED) is 0.805. The van der Waals surface area contributed by atoms with Crippen molar-refractivity contribution in [2.45, 2.75) is 33.2 Å². The van der Waals surface area contributed by atoms with Crippen LogP contribution in [0, 0.1) is 5.92 Å². The lowest BCUT2D eigenvalue weighted by molar-refractivity contribution is 0.351. The SMILES string of the molecule is CCCNC(c1ccc(OC)c(OC)c1)C(C)C. The van der Waals surface area contributed by atoms with Crippen LogP contribution in [0.2, 0.25) is 0 Å². The summed E-state index contributed by atoms with van der Waals surface area (Å²) in [5.41, 5.74) is 1.25. The molecule has 1 unspecified atom stereocenters. The Morgan fingerprint density at radius 1 is 1.11 bits per heavy atom. The first-order chi connectivity index (χ1) is 8.63. The third kappa shape index (κ3) is 3.64. The Balaban J connectivity index is 2.97. The molecule has 0 bridgehead atoms. The van der Waals surface area contributed by atoms with Gasteiger partial charge in [0, 0.05) is 6.04 Å². The van der Waals surface area contributed by atoms with Gasteiger partial charge in [-0.1, -0.05) is 26.8 Å². The van der Waals surface area contributed by atoms with Crippen LogP contribution in [0.4, 0.5) is 0 Å². The van der Waals surface area contributed by atoms with Gasteiger partial charge in [-0.3, -0.25) is 0 Å². The van der Waals surface area contributed by atoms with E-state index in [-0.39, 0.29) is 0 Å². The minimum Gasteiger partial charge on any atom is -0.493 e. The normalized spacial score (nSPS) is 12.6. The largest absolute Gasteiger partial charge is 0.493 e. The van der Waals surface area contributed by atoms with E-state index in [1.165, 1.54) is 5.56 Å². The molecule has 0 aromatic heterocycles. The van der Waals surface area contributed by atoms with E-state index < -0.39 is 0 Å². The van der Waals surface area contributed by atoms with Crippen molar-refractivity contribution in [3.8, 4) is 11.5 Å². The maximum atomic E-state index is 5.36. The molecule has 0 fully saturated rings. The summed E-state index contributed by atoms with van der Waals surface area (Å²) in [6.45, 7) is 7.66. The van der Waals surface area contributed by atoms with E-state index in [4.69, 9.17) is 9.47 Å². The van der Waals surface area contributed by atoms with Crippen LogP contribution < -0.4 is 14.8 Å². The average molecular weight is 251 g/mol. The van der Waals surface area contributed by atoms with Gasteiger partial charge in [-0.05, 0) is 36.6 Å². The van der Waals surface area contributed by atoms with Crippen molar-refractivity contribution in [1.82, 2.24) is 5.32 Å². The third-order valence-electron chi connectivity index (χ3n) is 3.05. The molecule has 0 aliphatic rings. The van der Waals surface area contributed by atoms with Gasteiger partial charge in [-0.2, -0.15) is 0 Å². The smallest absolute Gasteiger partial charge is 0.161 e. The van der Waals surface area contributed by atoms with Gasteiger partial charge in [0.25, 0.3) is 0 Å². The molecule has 102 valence electrons. The van der Waals surface area contributed by atoms with Gasteiger partial charge >= 0.3 is 0 Å². The summed E-state index contributed by atoms with van der Waals surface area (Å²) >= 11 is 0. The van der Waals surface area contributed by atoms with E-state index >= 15 is 0 Å². The number of nitrogens with one attached hydrogen (secondary N) is 1. The Hall–Kier alpha value is -1.22. The molecule has 1 aromatic carbocycles. The Labute approximate surface area is 110 Å². The van der Waals surface area contributed by atoms with E-state index in [9.17, 15) is 0 Å². The van der Waals surface area contributed by atoms with Crippen molar-refractivity contribution in [2.75, 3.05) is 20.8 Å². The first kappa shape index (κ1) is 14.8. The van der Waals surface area contributed by atoms with Crippen LogP contribution in [-0.4, -0.2) is 20.8 Å². The fraction of sp³-hybridized carbons (Fsp3) is 0.600. The lowest BCUT2D eigenvalue weighted by atomic mass is 9.95. The highest BCUT2D eigenvalue weighted by Gasteiger charge is 2.16. The van der Waals surface area contributed by atoms with E-state index in [1.807, 2.05) is 6.07 Å². The molecule has 0 aliphatic heterocycles. The molecule has 0 saturated carbocycles. The number of benzene rings is 1. The Bertz CT molecular complexity index is 364. The highest BCUT2D eigenvalue weighted by molar-refractivity contribution is 5.43. The second kappa shape index (κ2) is 7.27. The van der Waals surface area contributed by atoms with E-state index in [0.29, 0.717) is 12.0 Å². The lowest BCUT2D eigenvalue weighted by Gasteiger charge is -2.23. The molecule has 0 radical (unpaired) electrons. The van der Waals surface area contributed by atoms with E-state index in [0.717, 1.165) is 24.5 Å². The fourth-order valence-electron chi connectivity index (χ4n) is 2.08. The Morgan fingerprint density at radius 3 is 2.28 bits per heavy atom. The average Bonchev–Trinajstić information content (AvgIpc) is 2.38. The summed E-state index contributed by atoms with van der Waals surface area (Å²) in [5.74, 6) is 2.10. The molecule has 0 heterocycles. The fourth-order valence-corrected chi connectivity index (χ4v) is 2.08.